The molecule has 0 aliphatic heterocycles. The van der Waals surface area contributed by atoms with E-state index in [2.05, 4.69) is 17.6 Å². The van der Waals surface area contributed by atoms with Gasteiger partial charge in [0.15, 0.2) is 0 Å². The molecule has 0 unspecified atom stereocenters. The van der Waals surface area contributed by atoms with E-state index in [1.807, 2.05) is 68.5 Å². The Bertz CT molecular complexity index is 650. The summed E-state index contributed by atoms with van der Waals surface area (Å²) in [5, 5.41) is 5.98. The highest BCUT2D eigenvalue weighted by molar-refractivity contribution is 6.08. The summed E-state index contributed by atoms with van der Waals surface area (Å²) < 4.78 is 0. The third-order valence-corrected chi connectivity index (χ3v) is 3.39. The zero-order chi connectivity index (χ0) is 15.4. The molecule has 2 rings (SSSR count). The maximum Gasteiger partial charge on any atom is 0.257 e. The van der Waals surface area contributed by atoms with Gasteiger partial charge in [-0.1, -0.05) is 18.2 Å². The molecule has 0 atom stereocenters. The quantitative estimate of drug-likeness (QED) is 0.904. The number of benzene rings is 2. The lowest BCUT2D eigenvalue weighted by Gasteiger charge is -2.17. The summed E-state index contributed by atoms with van der Waals surface area (Å²) in [6.45, 7) is 2.05. The summed E-state index contributed by atoms with van der Waals surface area (Å²) in [5.41, 5.74) is 4.51. The molecule has 2 N–H and O–H groups in total. The van der Waals surface area contributed by atoms with E-state index >= 15 is 0 Å². The maximum atomic E-state index is 12.4. The average molecular weight is 283 g/mol. The van der Waals surface area contributed by atoms with Crippen LogP contribution in [0.3, 0.4) is 0 Å². The van der Waals surface area contributed by atoms with Crippen LogP contribution in [0, 0.1) is 6.92 Å². The third-order valence-electron chi connectivity index (χ3n) is 3.39. The summed E-state index contributed by atoms with van der Waals surface area (Å²) in [6.07, 6.45) is 0. The first-order valence-corrected chi connectivity index (χ1v) is 6.89. The van der Waals surface area contributed by atoms with Crippen LogP contribution in [0.15, 0.2) is 42.5 Å². The number of carbonyl (C=O) groups excluding carboxylic acids is 1. The van der Waals surface area contributed by atoms with Crippen molar-refractivity contribution >= 4 is 23.0 Å². The van der Waals surface area contributed by atoms with Crippen LogP contribution in [0.1, 0.15) is 15.9 Å². The van der Waals surface area contributed by atoms with Gasteiger partial charge in [-0.25, -0.2) is 0 Å². The Morgan fingerprint density at radius 1 is 1.10 bits per heavy atom. The van der Waals surface area contributed by atoms with Crippen LogP contribution in [0.5, 0.6) is 0 Å². The van der Waals surface area contributed by atoms with Crippen LogP contribution in [0.4, 0.5) is 17.1 Å². The maximum absolute atomic E-state index is 12.4. The molecule has 1 amide bonds. The van der Waals surface area contributed by atoms with Gasteiger partial charge in [0.1, 0.15) is 0 Å². The number of rotatable bonds is 4. The molecule has 0 saturated carbocycles. The van der Waals surface area contributed by atoms with Crippen molar-refractivity contribution in [1.29, 1.82) is 0 Å². The van der Waals surface area contributed by atoms with E-state index in [0.717, 1.165) is 17.1 Å². The van der Waals surface area contributed by atoms with Crippen molar-refractivity contribution in [2.45, 2.75) is 6.92 Å². The lowest BCUT2D eigenvalue weighted by molar-refractivity contribution is 0.102. The van der Waals surface area contributed by atoms with Crippen molar-refractivity contribution < 1.29 is 4.79 Å². The van der Waals surface area contributed by atoms with Crippen LogP contribution < -0.4 is 15.5 Å². The van der Waals surface area contributed by atoms with Gasteiger partial charge in [-0.2, -0.15) is 0 Å². The van der Waals surface area contributed by atoms with E-state index in [1.165, 1.54) is 5.56 Å². The molecule has 0 heterocycles. The van der Waals surface area contributed by atoms with Gasteiger partial charge >= 0.3 is 0 Å². The molecule has 0 fully saturated rings. The van der Waals surface area contributed by atoms with Crippen LogP contribution >= 0.6 is 0 Å². The Kier molecular flexibility index (Phi) is 4.48. The van der Waals surface area contributed by atoms with E-state index < -0.39 is 0 Å². The fourth-order valence-electron chi connectivity index (χ4n) is 2.27. The Balaban J connectivity index is 2.26. The molecule has 110 valence electrons. The van der Waals surface area contributed by atoms with Gasteiger partial charge in [0.2, 0.25) is 0 Å². The number of amides is 1. The number of nitrogens with one attached hydrogen (secondary N) is 2. The van der Waals surface area contributed by atoms with E-state index in [0.29, 0.717) is 5.56 Å². The Morgan fingerprint density at radius 3 is 2.48 bits per heavy atom. The largest absolute Gasteiger partial charge is 0.387 e. The second-order valence-corrected chi connectivity index (χ2v) is 5.15. The van der Waals surface area contributed by atoms with Gasteiger partial charge in [0, 0.05) is 38.2 Å². The minimum Gasteiger partial charge on any atom is -0.387 e. The molecule has 0 radical (unpaired) electrons. The molecule has 21 heavy (non-hydrogen) atoms. The number of carbonyl (C=O) groups is 1. The van der Waals surface area contributed by atoms with Gasteiger partial charge < -0.3 is 15.5 Å². The van der Waals surface area contributed by atoms with Crippen molar-refractivity contribution in [3.8, 4) is 0 Å². The molecule has 0 spiro atoms. The Morgan fingerprint density at radius 2 is 1.81 bits per heavy atom. The van der Waals surface area contributed by atoms with Crippen molar-refractivity contribution in [1.82, 2.24) is 0 Å². The van der Waals surface area contributed by atoms with Gasteiger partial charge in [-0.05, 0) is 36.8 Å². The molecule has 2 aromatic carbocycles. The highest BCUT2D eigenvalue weighted by Gasteiger charge is 2.11. The summed E-state index contributed by atoms with van der Waals surface area (Å²) in [4.78, 5) is 14.4. The fourth-order valence-corrected chi connectivity index (χ4v) is 2.27. The van der Waals surface area contributed by atoms with E-state index in [1.54, 1.807) is 0 Å². The number of nitrogens with zero attached hydrogens (tertiary/aromatic N) is 1. The Labute approximate surface area is 125 Å². The summed E-state index contributed by atoms with van der Waals surface area (Å²) in [7, 11) is 5.79. The molecule has 0 aromatic heterocycles. The second kappa shape index (κ2) is 6.31. The lowest BCUT2D eigenvalue weighted by Crippen LogP contribution is -2.15. The van der Waals surface area contributed by atoms with Crippen LogP contribution in [0.2, 0.25) is 0 Å². The minimum absolute atomic E-state index is 0.117. The molecule has 0 bridgehead atoms. The van der Waals surface area contributed by atoms with E-state index in [4.69, 9.17) is 0 Å². The monoisotopic (exact) mass is 283 g/mol. The molecule has 4 nitrogen and oxygen atoms in total. The summed E-state index contributed by atoms with van der Waals surface area (Å²) >= 11 is 0. The minimum atomic E-state index is -0.117. The molecule has 0 aliphatic rings. The smallest absolute Gasteiger partial charge is 0.257 e. The highest BCUT2D eigenvalue weighted by Crippen LogP contribution is 2.23. The predicted molar refractivity (Wildman–Crippen MR) is 89.4 cm³/mol. The first kappa shape index (κ1) is 14.9. The molecule has 0 aliphatic carbocycles. The van der Waals surface area contributed by atoms with Crippen molar-refractivity contribution in [3.05, 3.63) is 53.6 Å². The molecule has 0 saturated heterocycles. The lowest BCUT2D eigenvalue weighted by atomic mass is 10.1. The number of anilines is 3. The number of para-hydroxylation sites is 1. The van der Waals surface area contributed by atoms with Crippen molar-refractivity contribution in [2.75, 3.05) is 36.7 Å². The average Bonchev–Trinajstić information content (AvgIpc) is 2.48. The fraction of sp³-hybridized carbons (Fsp3) is 0.235. The SMILES string of the molecule is CNc1ccccc1C(=O)Nc1ccc(C)c(N(C)C)c1. The van der Waals surface area contributed by atoms with Crippen molar-refractivity contribution in [3.63, 3.8) is 0 Å². The third kappa shape index (κ3) is 3.34. The van der Waals surface area contributed by atoms with E-state index in [9.17, 15) is 4.79 Å². The van der Waals surface area contributed by atoms with Crippen molar-refractivity contribution in [2.24, 2.45) is 0 Å². The second-order valence-electron chi connectivity index (χ2n) is 5.15. The molecule has 2 aromatic rings. The van der Waals surface area contributed by atoms with Gasteiger partial charge in [0.25, 0.3) is 5.91 Å². The van der Waals surface area contributed by atoms with E-state index in [-0.39, 0.29) is 5.91 Å². The number of hydrogen-bond donors (Lipinski definition) is 2. The highest BCUT2D eigenvalue weighted by atomic mass is 16.1. The first-order valence-electron chi connectivity index (χ1n) is 6.89. The molecular weight excluding hydrogens is 262 g/mol. The summed E-state index contributed by atoms with van der Waals surface area (Å²) in [6, 6.07) is 13.4. The van der Waals surface area contributed by atoms with Crippen LogP contribution in [0.25, 0.3) is 0 Å². The topological polar surface area (TPSA) is 44.4 Å². The number of aryl methyl sites for hydroxylation is 1. The predicted octanol–water partition coefficient (Wildman–Crippen LogP) is 3.36. The first-order chi connectivity index (χ1) is 10.0. The van der Waals surface area contributed by atoms with Crippen LogP contribution in [-0.4, -0.2) is 27.1 Å². The summed E-state index contributed by atoms with van der Waals surface area (Å²) in [5.74, 6) is -0.117. The van der Waals surface area contributed by atoms with Gasteiger partial charge in [0.05, 0.1) is 5.56 Å². The zero-order valence-corrected chi connectivity index (χ0v) is 12.9. The molecule has 4 heteroatoms. The Hall–Kier alpha value is -2.49. The zero-order valence-electron chi connectivity index (χ0n) is 12.9. The normalized spacial score (nSPS) is 10.1. The van der Waals surface area contributed by atoms with Gasteiger partial charge in [-0.15, -0.1) is 0 Å². The van der Waals surface area contributed by atoms with Crippen LogP contribution in [-0.2, 0) is 0 Å². The van der Waals surface area contributed by atoms with Gasteiger partial charge in [-0.3, -0.25) is 4.79 Å². The molecular formula is C17H21N3O. The number of hydrogen-bond acceptors (Lipinski definition) is 3. The standard InChI is InChI=1S/C17H21N3O/c1-12-9-10-13(11-16(12)20(3)4)19-17(21)14-7-5-6-8-15(14)18-2/h5-11,18H,1-4H3,(H,19,21).